The zero-order valence-corrected chi connectivity index (χ0v) is 12.1. The van der Waals surface area contributed by atoms with Crippen LogP contribution in [0, 0.1) is 5.92 Å². The van der Waals surface area contributed by atoms with Gasteiger partial charge in [-0.3, -0.25) is 4.79 Å². The number of carboxylic acids is 1. The van der Waals surface area contributed by atoms with E-state index < -0.39 is 5.97 Å². The van der Waals surface area contributed by atoms with Crippen molar-refractivity contribution in [2.45, 2.75) is 19.3 Å². The predicted octanol–water partition coefficient (Wildman–Crippen LogP) is 3.42. The number of rotatable bonds is 5. The van der Waals surface area contributed by atoms with Crippen LogP contribution in [0.1, 0.15) is 40.4 Å². The Morgan fingerprint density at radius 3 is 2.32 bits per heavy atom. The fourth-order valence-corrected chi connectivity index (χ4v) is 2.55. The highest BCUT2D eigenvalue weighted by molar-refractivity contribution is 6.04. The third-order valence-corrected chi connectivity index (χ3v) is 4.01. The SMILES string of the molecule is O=C(O)c1ccc(C(=O)N(CC2CCC2)c2ccccc2)o1. The summed E-state index contributed by atoms with van der Waals surface area (Å²) in [6, 6.07) is 12.1. The summed E-state index contributed by atoms with van der Waals surface area (Å²) < 4.78 is 5.15. The average molecular weight is 299 g/mol. The summed E-state index contributed by atoms with van der Waals surface area (Å²) in [4.78, 5) is 25.3. The normalized spacial score (nSPS) is 14.4. The summed E-state index contributed by atoms with van der Waals surface area (Å²) in [5.41, 5.74) is 0.799. The molecule has 1 aliphatic rings. The van der Waals surface area contributed by atoms with Crippen LogP contribution in [-0.2, 0) is 0 Å². The maximum atomic E-state index is 12.7. The lowest BCUT2D eigenvalue weighted by molar-refractivity contribution is 0.0660. The number of amides is 1. The van der Waals surface area contributed by atoms with Crippen LogP contribution in [0.5, 0.6) is 0 Å². The van der Waals surface area contributed by atoms with Crippen molar-refractivity contribution in [2.75, 3.05) is 11.4 Å². The average Bonchev–Trinajstić information content (AvgIpc) is 2.96. The number of anilines is 1. The molecule has 1 N–H and O–H groups in total. The van der Waals surface area contributed by atoms with E-state index >= 15 is 0 Å². The van der Waals surface area contributed by atoms with E-state index in [0.717, 1.165) is 18.5 Å². The molecule has 1 aromatic heterocycles. The molecule has 0 spiro atoms. The lowest BCUT2D eigenvalue weighted by Crippen LogP contribution is -2.37. The van der Waals surface area contributed by atoms with Gasteiger partial charge in [0.25, 0.3) is 5.91 Å². The lowest BCUT2D eigenvalue weighted by Gasteiger charge is -2.32. The number of nitrogens with zero attached hydrogens (tertiary/aromatic N) is 1. The number of hydrogen-bond acceptors (Lipinski definition) is 3. The van der Waals surface area contributed by atoms with Gasteiger partial charge in [0.1, 0.15) is 0 Å². The zero-order valence-electron chi connectivity index (χ0n) is 12.1. The quantitative estimate of drug-likeness (QED) is 0.918. The van der Waals surface area contributed by atoms with Gasteiger partial charge in [-0.25, -0.2) is 4.79 Å². The Morgan fingerprint density at radius 2 is 1.77 bits per heavy atom. The second-order valence-corrected chi connectivity index (χ2v) is 5.52. The van der Waals surface area contributed by atoms with Crippen molar-refractivity contribution in [3.05, 3.63) is 54.0 Å². The molecule has 3 rings (SSSR count). The number of hydrogen-bond donors (Lipinski definition) is 1. The van der Waals surface area contributed by atoms with Gasteiger partial charge in [0.05, 0.1) is 0 Å². The maximum absolute atomic E-state index is 12.7. The first-order valence-corrected chi connectivity index (χ1v) is 7.35. The van der Waals surface area contributed by atoms with Crippen LogP contribution in [0.3, 0.4) is 0 Å². The summed E-state index contributed by atoms with van der Waals surface area (Å²) in [7, 11) is 0. The van der Waals surface area contributed by atoms with Crippen LogP contribution in [-0.4, -0.2) is 23.5 Å². The molecule has 1 saturated carbocycles. The Kier molecular flexibility index (Phi) is 3.96. The summed E-state index contributed by atoms with van der Waals surface area (Å²) in [6.45, 7) is 0.631. The molecule has 5 heteroatoms. The Balaban J connectivity index is 1.86. The van der Waals surface area contributed by atoms with Crippen LogP contribution in [0.4, 0.5) is 5.69 Å². The Bertz CT molecular complexity index is 673. The van der Waals surface area contributed by atoms with E-state index in [1.54, 1.807) is 4.90 Å². The number of carbonyl (C=O) groups is 2. The van der Waals surface area contributed by atoms with Crippen molar-refractivity contribution in [2.24, 2.45) is 5.92 Å². The van der Waals surface area contributed by atoms with Gasteiger partial charge in [0.15, 0.2) is 5.76 Å². The molecule has 1 heterocycles. The Labute approximate surface area is 128 Å². The van der Waals surface area contributed by atoms with Gasteiger partial charge in [-0.05, 0) is 43.0 Å². The Hall–Kier alpha value is -2.56. The van der Waals surface area contributed by atoms with E-state index in [1.807, 2.05) is 30.3 Å². The van der Waals surface area contributed by atoms with Gasteiger partial charge < -0.3 is 14.4 Å². The number of carboxylic acid groups (broad SMARTS) is 1. The van der Waals surface area contributed by atoms with Crippen LogP contribution in [0.15, 0.2) is 46.9 Å². The molecular weight excluding hydrogens is 282 g/mol. The molecule has 1 fully saturated rings. The van der Waals surface area contributed by atoms with Gasteiger partial charge in [-0.2, -0.15) is 0 Å². The van der Waals surface area contributed by atoms with Crippen LogP contribution in [0.2, 0.25) is 0 Å². The van der Waals surface area contributed by atoms with Gasteiger partial charge in [-0.15, -0.1) is 0 Å². The predicted molar refractivity (Wildman–Crippen MR) is 81.1 cm³/mol. The molecule has 1 aliphatic carbocycles. The number of aromatic carboxylic acids is 1. The van der Waals surface area contributed by atoms with Gasteiger partial charge >= 0.3 is 5.97 Å². The standard InChI is InChI=1S/C17H17NO4/c19-16(14-9-10-15(22-14)17(20)21)18(11-12-5-4-6-12)13-7-2-1-3-8-13/h1-3,7-10,12H,4-6,11H2,(H,20,21). The molecular formula is C17H17NO4. The van der Waals surface area contributed by atoms with E-state index in [4.69, 9.17) is 9.52 Å². The molecule has 2 aromatic rings. The third-order valence-electron chi connectivity index (χ3n) is 4.01. The zero-order chi connectivity index (χ0) is 15.5. The molecule has 1 aromatic carbocycles. The van der Waals surface area contributed by atoms with E-state index in [9.17, 15) is 9.59 Å². The molecule has 0 radical (unpaired) electrons. The molecule has 0 bridgehead atoms. The van der Waals surface area contributed by atoms with Gasteiger partial charge in [0, 0.05) is 12.2 Å². The highest BCUT2D eigenvalue weighted by Gasteiger charge is 2.27. The summed E-state index contributed by atoms with van der Waals surface area (Å²) >= 11 is 0. The first-order chi connectivity index (χ1) is 10.6. The van der Waals surface area contributed by atoms with Crippen molar-refractivity contribution in [1.29, 1.82) is 0 Å². The number of carbonyl (C=O) groups excluding carboxylic acids is 1. The summed E-state index contributed by atoms with van der Waals surface area (Å²) in [5, 5.41) is 8.91. The third kappa shape index (κ3) is 2.88. The second-order valence-electron chi connectivity index (χ2n) is 5.52. The second kappa shape index (κ2) is 6.05. The van der Waals surface area contributed by atoms with Gasteiger partial charge in [0.2, 0.25) is 5.76 Å². The topological polar surface area (TPSA) is 70.8 Å². The molecule has 22 heavy (non-hydrogen) atoms. The Morgan fingerprint density at radius 1 is 1.09 bits per heavy atom. The first-order valence-electron chi connectivity index (χ1n) is 7.35. The number of para-hydroxylation sites is 1. The monoisotopic (exact) mass is 299 g/mol. The highest BCUT2D eigenvalue weighted by Crippen LogP contribution is 2.30. The van der Waals surface area contributed by atoms with Crippen LogP contribution < -0.4 is 4.90 Å². The fourth-order valence-electron chi connectivity index (χ4n) is 2.55. The highest BCUT2D eigenvalue weighted by atomic mass is 16.4. The van der Waals surface area contributed by atoms with Crippen LogP contribution >= 0.6 is 0 Å². The van der Waals surface area contributed by atoms with E-state index in [2.05, 4.69) is 0 Å². The minimum Gasteiger partial charge on any atom is -0.475 e. The number of furan rings is 1. The van der Waals surface area contributed by atoms with Crippen molar-refractivity contribution in [1.82, 2.24) is 0 Å². The minimum absolute atomic E-state index is 0.0561. The molecule has 0 unspecified atom stereocenters. The molecule has 0 atom stereocenters. The minimum atomic E-state index is -1.18. The van der Waals surface area contributed by atoms with Crippen molar-refractivity contribution < 1.29 is 19.1 Å². The fraction of sp³-hybridized carbons (Fsp3) is 0.294. The molecule has 114 valence electrons. The lowest BCUT2D eigenvalue weighted by atomic mass is 9.85. The smallest absolute Gasteiger partial charge is 0.371 e. The first kappa shape index (κ1) is 14.4. The van der Waals surface area contributed by atoms with Crippen LogP contribution in [0.25, 0.3) is 0 Å². The van der Waals surface area contributed by atoms with Crippen molar-refractivity contribution in [3.63, 3.8) is 0 Å². The van der Waals surface area contributed by atoms with Gasteiger partial charge in [-0.1, -0.05) is 24.6 Å². The van der Waals surface area contributed by atoms with E-state index in [-0.39, 0.29) is 17.4 Å². The van der Waals surface area contributed by atoms with E-state index in [1.165, 1.54) is 18.6 Å². The van der Waals surface area contributed by atoms with Crippen molar-refractivity contribution >= 4 is 17.6 Å². The van der Waals surface area contributed by atoms with Crippen molar-refractivity contribution in [3.8, 4) is 0 Å². The maximum Gasteiger partial charge on any atom is 0.371 e. The molecule has 0 saturated heterocycles. The number of benzene rings is 1. The molecule has 5 nitrogen and oxygen atoms in total. The van der Waals surface area contributed by atoms with E-state index in [0.29, 0.717) is 12.5 Å². The molecule has 0 aliphatic heterocycles. The summed E-state index contributed by atoms with van der Waals surface area (Å²) in [6.07, 6.45) is 3.44. The largest absolute Gasteiger partial charge is 0.475 e. The summed E-state index contributed by atoms with van der Waals surface area (Å²) in [5.74, 6) is -1.14. The molecule has 1 amide bonds.